The van der Waals surface area contributed by atoms with Crippen LogP contribution in [0.5, 0.6) is 0 Å². The van der Waals surface area contributed by atoms with Crippen molar-refractivity contribution in [3.8, 4) is 11.3 Å². The standard InChI is InChI=1S/C14H10F3N3S2/c15-14(16,17)13-19-8-12(21-13)20-22-10-6-11(18-7-10)9-4-2-1-3-5-9/h1-8,18,20H. The summed E-state index contributed by atoms with van der Waals surface area (Å²) in [6, 6.07) is 11.7. The van der Waals surface area contributed by atoms with Crippen molar-refractivity contribution in [3.63, 3.8) is 0 Å². The highest BCUT2D eigenvalue weighted by molar-refractivity contribution is 8.00. The Morgan fingerprint density at radius 3 is 2.64 bits per heavy atom. The molecule has 0 unspecified atom stereocenters. The molecule has 0 amide bonds. The lowest BCUT2D eigenvalue weighted by Gasteiger charge is -2.00. The van der Waals surface area contributed by atoms with Crippen LogP contribution in [0.1, 0.15) is 5.01 Å². The molecule has 2 N–H and O–H groups in total. The molecule has 0 fully saturated rings. The predicted octanol–water partition coefficient (Wildman–Crippen LogP) is 5.28. The number of thiazole rings is 1. The molecule has 22 heavy (non-hydrogen) atoms. The number of H-pyrrole nitrogens is 1. The summed E-state index contributed by atoms with van der Waals surface area (Å²) in [5.74, 6) is 0. The monoisotopic (exact) mass is 341 g/mol. The molecule has 3 aromatic rings. The number of anilines is 1. The summed E-state index contributed by atoms with van der Waals surface area (Å²) in [5, 5.41) is -0.491. The van der Waals surface area contributed by atoms with Crippen molar-refractivity contribution in [2.24, 2.45) is 0 Å². The van der Waals surface area contributed by atoms with Gasteiger partial charge in [0.1, 0.15) is 5.00 Å². The van der Waals surface area contributed by atoms with Gasteiger partial charge in [0.05, 0.1) is 6.20 Å². The summed E-state index contributed by atoms with van der Waals surface area (Å²) in [6.07, 6.45) is -1.42. The number of aromatic amines is 1. The van der Waals surface area contributed by atoms with Crippen molar-refractivity contribution in [1.29, 1.82) is 0 Å². The van der Waals surface area contributed by atoms with E-state index in [2.05, 4.69) is 14.7 Å². The number of alkyl halides is 3. The molecule has 114 valence electrons. The second-order valence-corrected chi connectivity index (χ2v) is 6.26. The van der Waals surface area contributed by atoms with Crippen molar-refractivity contribution < 1.29 is 13.2 Å². The van der Waals surface area contributed by atoms with Crippen LogP contribution in [0.4, 0.5) is 18.2 Å². The van der Waals surface area contributed by atoms with Gasteiger partial charge in [-0.3, -0.25) is 0 Å². The average molecular weight is 341 g/mol. The molecule has 3 rings (SSSR count). The number of nitrogens with one attached hydrogen (secondary N) is 2. The molecule has 0 saturated carbocycles. The van der Waals surface area contributed by atoms with Crippen molar-refractivity contribution in [2.75, 3.05) is 4.72 Å². The topological polar surface area (TPSA) is 40.7 Å². The molecule has 0 bridgehead atoms. The van der Waals surface area contributed by atoms with Crippen molar-refractivity contribution in [1.82, 2.24) is 9.97 Å². The van der Waals surface area contributed by atoms with Gasteiger partial charge in [0.15, 0.2) is 5.01 Å². The van der Waals surface area contributed by atoms with E-state index in [1.807, 2.05) is 36.4 Å². The molecular weight excluding hydrogens is 331 g/mol. The number of halogens is 3. The number of benzene rings is 1. The van der Waals surface area contributed by atoms with Crippen molar-refractivity contribution in [2.45, 2.75) is 11.1 Å². The highest BCUT2D eigenvalue weighted by Crippen LogP contribution is 2.36. The largest absolute Gasteiger partial charge is 0.443 e. The number of rotatable bonds is 4. The zero-order chi connectivity index (χ0) is 15.6. The Balaban J connectivity index is 1.65. The van der Waals surface area contributed by atoms with E-state index in [9.17, 15) is 13.2 Å². The van der Waals surface area contributed by atoms with E-state index < -0.39 is 11.2 Å². The molecule has 3 nitrogen and oxygen atoms in total. The third-order valence-corrected chi connectivity index (χ3v) is 4.64. The molecule has 8 heteroatoms. The normalized spacial score (nSPS) is 11.6. The Bertz CT molecular complexity index is 750. The first-order valence-electron chi connectivity index (χ1n) is 6.22. The first-order chi connectivity index (χ1) is 10.5. The van der Waals surface area contributed by atoms with Crippen LogP contribution >= 0.6 is 23.3 Å². The van der Waals surface area contributed by atoms with Gasteiger partial charge in [0.2, 0.25) is 0 Å². The molecule has 0 spiro atoms. The van der Waals surface area contributed by atoms with Crippen LogP contribution < -0.4 is 4.72 Å². The lowest BCUT2D eigenvalue weighted by Crippen LogP contribution is -2.02. The van der Waals surface area contributed by atoms with Gasteiger partial charge in [-0.1, -0.05) is 41.7 Å². The van der Waals surface area contributed by atoms with Crippen LogP contribution in [0.15, 0.2) is 53.7 Å². The maximum atomic E-state index is 12.5. The average Bonchev–Trinajstić information content (AvgIpc) is 3.15. The fourth-order valence-corrected chi connectivity index (χ4v) is 3.17. The lowest BCUT2D eigenvalue weighted by atomic mass is 10.2. The van der Waals surface area contributed by atoms with E-state index in [1.54, 1.807) is 6.20 Å². The summed E-state index contributed by atoms with van der Waals surface area (Å²) >= 11 is 1.82. The van der Waals surface area contributed by atoms with Crippen LogP contribution in [0.2, 0.25) is 0 Å². The van der Waals surface area contributed by atoms with Gasteiger partial charge in [0.25, 0.3) is 0 Å². The SMILES string of the molecule is FC(F)(F)c1ncc(NSc2c[nH]c(-c3ccccc3)c2)s1. The Kier molecular flexibility index (Phi) is 4.12. The first kappa shape index (κ1) is 15.0. The van der Waals surface area contributed by atoms with E-state index in [4.69, 9.17) is 0 Å². The predicted molar refractivity (Wildman–Crippen MR) is 82.8 cm³/mol. The third kappa shape index (κ3) is 3.45. The van der Waals surface area contributed by atoms with Gasteiger partial charge in [-0.25, -0.2) is 4.98 Å². The second kappa shape index (κ2) is 6.05. The Morgan fingerprint density at radius 1 is 1.18 bits per heavy atom. The van der Waals surface area contributed by atoms with Crippen molar-refractivity contribution >= 4 is 28.3 Å². The Hall–Kier alpha value is -1.93. The van der Waals surface area contributed by atoms with Gasteiger partial charge < -0.3 is 9.71 Å². The zero-order valence-corrected chi connectivity index (χ0v) is 12.6. The van der Waals surface area contributed by atoms with Gasteiger partial charge in [-0.05, 0) is 23.6 Å². The van der Waals surface area contributed by atoms with E-state index in [0.29, 0.717) is 16.3 Å². The maximum Gasteiger partial charge on any atom is 0.443 e. The summed E-state index contributed by atoms with van der Waals surface area (Å²) in [6.45, 7) is 0. The van der Waals surface area contributed by atoms with Gasteiger partial charge in [-0.2, -0.15) is 13.2 Å². The number of nitrogens with zero attached hydrogens (tertiary/aromatic N) is 1. The maximum absolute atomic E-state index is 12.5. The lowest BCUT2D eigenvalue weighted by molar-refractivity contribution is -0.137. The summed E-state index contributed by atoms with van der Waals surface area (Å²) in [5.41, 5.74) is 2.00. The quantitative estimate of drug-likeness (QED) is 0.635. The Labute approximate surface area is 132 Å². The minimum atomic E-state index is -4.40. The molecule has 0 aliphatic carbocycles. The fourth-order valence-electron chi connectivity index (χ4n) is 1.78. The smallest absolute Gasteiger partial charge is 0.360 e. The summed E-state index contributed by atoms with van der Waals surface area (Å²) < 4.78 is 40.3. The highest BCUT2D eigenvalue weighted by atomic mass is 32.2. The number of aromatic nitrogens is 2. The summed E-state index contributed by atoms with van der Waals surface area (Å²) in [4.78, 5) is 7.37. The molecule has 2 heterocycles. The molecule has 2 aromatic heterocycles. The fraction of sp³-hybridized carbons (Fsp3) is 0.0714. The number of hydrogen-bond acceptors (Lipinski definition) is 4. The first-order valence-corrected chi connectivity index (χ1v) is 7.85. The van der Waals surface area contributed by atoms with Crippen LogP contribution in [0, 0.1) is 0 Å². The highest BCUT2D eigenvalue weighted by Gasteiger charge is 2.34. The van der Waals surface area contributed by atoms with Gasteiger partial charge in [-0.15, -0.1) is 0 Å². The zero-order valence-electron chi connectivity index (χ0n) is 11.0. The van der Waals surface area contributed by atoms with Crippen LogP contribution in [0.25, 0.3) is 11.3 Å². The van der Waals surface area contributed by atoms with E-state index >= 15 is 0 Å². The van der Waals surface area contributed by atoms with E-state index in [1.165, 1.54) is 18.1 Å². The summed E-state index contributed by atoms with van der Waals surface area (Å²) in [7, 11) is 0. The van der Waals surface area contributed by atoms with Crippen molar-refractivity contribution in [3.05, 3.63) is 53.8 Å². The minimum absolute atomic E-state index is 0.361. The molecule has 0 aliphatic heterocycles. The minimum Gasteiger partial charge on any atom is -0.360 e. The van der Waals surface area contributed by atoms with E-state index in [-0.39, 0.29) is 0 Å². The van der Waals surface area contributed by atoms with Crippen LogP contribution in [-0.2, 0) is 6.18 Å². The third-order valence-electron chi connectivity index (χ3n) is 2.76. The van der Waals surface area contributed by atoms with Gasteiger partial charge >= 0.3 is 6.18 Å². The molecule has 1 aromatic carbocycles. The Morgan fingerprint density at radius 2 is 1.95 bits per heavy atom. The second-order valence-electron chi connectivity index (χ2n) is 4.35. The molecule has 0 radical (unpaired) electrons. The van der Waals surface area contributed by atoms with Gasteiger partial charge in [0, 0.05) is 16.8 Å². The molecule has 0 atom stereocenters. The molecule has 0 saturated heterocycles. The van der Waals surface area contributed by atoms with E-state index in [0.717, 1.165) is 16.2 Å². The molecular formula is C14H10F3N3S2. The number of hydrogen-bond donors (Lipinski definition) is 2. The molecule has 0 aliphatic rings. The van der Waals surface area contributed by atoms with Crippen LogP contribution in [-0.4, -0.2) is 9.97 Å². The van der Waals surface area contributed by atoms with Crippen LogP contribution in [0.3, 0.4) is 0 Å².